The summed E-state index contributed by atoms with van der Waals surface area (Å²) >= 11 is 0. The van der Waals surface area contributed by atoms with Crippen LogP contribution in [0.2, 0.25) is 0 Å². The fourth-order valence-electron chi connectivity index (χ4n) is 3.78. The highest BCUT2D eigenvalue weighted by Crippen LogP contribution is 2.18. The zero-order valence-corrected chi connectivity index (χ0v) is 17.1. The van der Waals surface area contributed by atoms with Gasteiger partial charge in [0.05, 0.1) is 6.54 Å². The molecule has 154 valence electrons. The molecule has 2 aliphatic rings. The number of nitrogens with one attached hydrogen (secondary N) is 2. The minimum absolute atomic E-state index is 0.294. The Morgan fingerprint density at radius 1 is 1.18 bits per heavy atom. The predicted molar refractivity (Wildman–Crippen MR) is 114 cm³/mol. The van der Waals surface area contributed by atoms with Crippen molar-refractivity contribution in [3.05, 3.63) is 23.9 Å². The lowest BCUT2D eigenvalue weighted by Crippen LogP contribution is -2.39. The Bertz CT molecular complexity index is 656. The average molecular weight is 387 g/mol. The highest BCUT2D eigenvalue weighted by molar-refractivity contribution is 5.79. The summed E-state index contributed by atoms with van der Waals surface area (Å²) in [5.74, 6) is 2.19. The van der Waals surface area contributed by atoms with Crippen molar-refractivity contribution in [2.45, 2.75) is 52.0 Å². The van der Waals surface area contributed by atoms with Gasteiger partial charge in [-0.1, -0.05) is 0 Å². The van der Waals surface area contributed by atoms with Gasteiger partial charge in [0, 0.05) is 51.9 Å². The number of hydrogen-bond donors (Lipinski definition) is 2. The Kier molecular flexibility index (Phi) is 7.94. The van der Waals surface area contributed by atoms with E-state index in [1.165, 1.54) is 24.8 Å². The van der Waals surface area contributed by atoms with E-state index >= 15 is 0 Å². The second-order valence-corrected chi connectivity index (χ2v) is 7.53. The summed E-state index contributed by atoms with van der Waals surface area (Å²) in [7, 11) is 0. The lowest BCUT2D eigenvalue weighted by molar-refractivity contribution is -0.127. The lowest BCUT2D eigenvalue weighted by atomic mass is 10.1. The van der Waals surface area contributed by atoms with Crippen molar-refractivity contribution in [2.75, 3.05) is 44.2 Å². The van der Waals surface area contributed by atoms with E-state index in [9.17, 15) is 4.79 Å². The maximum Gasteiger partial charge on any atom is 0.222 e. The Balaban J connectivity index is 1.48. The molecule has 7 heteroatoms. The number of rotatable bonds is 8. The molecule has 0 aromatic carbocycles. The zero-order valence-electron chi connectivity index (χ0n) is 17.1. The number of pyridine rings is 1. The molecule has 7 nitrogen and oxygen atoms in total. The number of carbonyl (C=O) groups is 1. The van der Waals surface area contributed by atoms with Crippen LogP contribution in [0.5, 0.6) is 0 Å². The number of guanidine groups is 1. The van der Waals surface area contributed by atoms with Crippen molar-refractivity contribution < 1.29 is 4.79 Å². The van der Waals surface area contributed by atoms with Gasteiger partial charge in [-0.25, -0.2) is 9.98 Å². The molecule has 0 saturated carbocycles. The van der Waals surface area contributed by atoms with Gasteiger partial charge < -0.3 is 20.4 Å². The first-order valence-corrected chi connectivity index (χ1v) is 10.8. The van der Waals surface area contributed by atoms with E-state index in [2.05, 4.69) is 33.5 Å². The minimum Gasteiger partial charge on any atom is -0.357 e. The third-order valence-corrected chi connectivity index (χ3v) is 5.32. The molecule has 3 heterocycles. The van der Waals surface area contributed by atoms with E-state index in [-0.39, 0.29) is 0 Å². The molecule has 1 aromatic heterocycles. The molecule has 1 aromatic rings. The molecule has 2 fully saturated rings. The van der Waals surface area contributed by atoms with Crippen molar-refractivity contribution in [3.8, 4) is 0 Å². The zero-order chi connectivity index (χ0) is 19.6. The van der Waals surface area contributed by atoms with Gasteiger partial charge in [0.2, 0.25) is 5.91 Å². The number of amides is 1. The van der Waals surface area contributed by atoms with Crippen LogP contribution in [0.3, 0.4) is 0 Å². The quantitative estimate of drug-likeness (QED) is 0.407. The normalized spacial score (nSPS) is 17.9. The molecule has 2 aliphatic heterocycles. The Morgan fingerprint density at radius 2 is 2.04 bits per heavy atom. The molecule has 0 atom stereocenters. The molecular formula is C21H34N6O. The molecular weight excluding hydrogens is 352 g/mol. The second-order valence-electron chi connectivity index (χ2n) is 7.53. The number of nitrogens with zero attached hydrogens (tertiary/aromatic N) is 4. The van der Waals surface area contributed by atoms with Crippen LogP contribution in [-0.4, -0.2) is 61.0 Å². The number of piperidine rings is 1. The Morgan fingerprint density at radius 3 is 2.79 bits per heavy atom. The SMILES string of the molecule is CCNC(=NCc1ccnc(N2CCCCC2)c1)NCCCN1CCCC1=O. The van der Waals surface area contributed by atoms with Gasteiger partial charge in [-0.2, -0.15) is 0 Å². The van der Waals surface area contributed by atoms with E-state index < -0.39 is 0 Å². The van der Waals surface area contributed by atoms with Crippen molar-refractivity contribution in [2.24, 2.45) is 4.99 Å². The van der Waals surface area contributed by atoms with Crippen molar-refractivity contribution in [3.63, 3.8) is 0 Å². The molecule has 0 spiro atoms. The van der Waals surface area contributed by atoms with Crippen LogP contribution in [0, 0.1) is 0 Å². The fraction of sp³-hybridized carbons (Fsp3) is 0.667. The van der Waals surface area contributed by atoms with Crippen LogP contribution in [0.15, 0.2) is 23.3 Å². The number of aromatic nitrogens is 1. The summed E-state index contributed by atoms with van der Waals surface area (Å²) in [6.07, 6.45) is 8.37. The van der Waals surface area contributed by atoms with E-state index in [0.717, 1.165) is 63.9 Å². The molecule has 2 N–H and O–H groups in total. The number of anilines is 1. The van der Waals surface area contributed by atoms with Gasteiger partial charge in [0.25, 0.3) is 0 Å². The first-order valence-electron chi connectivity index (χ1n) is 10.8. The van der Waals surface area contributed by atoms with E-state index in [4.69, 9.17) is 4.99 Å². The van der Waals surface area contributed by atoms with Crippen LogP contribution in [0.25, 0.3) is 0 Å². The maximum absolute atomic E-state index is 11.7. The van der Waals surface area contributed by atoms with Crippen LogP contribution >= 0.6 is 0 Å². The number of hydrogen-bond acceptors (Lipinski definition) is 4. The fourth-order valence-corrected chi connectivity index (χ4v) is 3.78. The first-order chi connectivity index (χ1) is 13.8. The van der Waals surface area contributed by atoms with Gasteiger partial charge in [-0.05, 0) is 56.7 Å². The molecule has 2 saturated heterocycles. The molecule has 0 bridgehead atoms. The molecule has 0 aliphatic carbocycles. The summed E-state index contributed by atoms with van der Waals surface area (Å²) in [5, 5.41) is 6.68. The van der Waals surface area contributed by atoms with E-state index in [1.807, 2.05) is 17.2 Å². The third-order valence-electron chi connectivity index (χ3n) is 5.32. The topological polar surface area (TPSA) is 72.9 Å². The molecule has 3 rings (SSSR count). The predicted octanol–water partition coefficient (Wildman–Crippen LogP) is 2.14. The molecule has 0 unspecified atom stereocenters. The van der Waals surface area contributed by atoms with E-state index in [1.54, 1.807) is 0 Å². The van der Waals surface area contributed by atoms with E-state index in [0.29, 0.717) is 18.9 Å². The van der Waals surface area contributed by atoms with Crippen molar-refractivity contribution in [1.82, 2.24) is 20.5 Å². The highest BCUT2D eigenvalue weighted by Gasteiger charge is 2.19. The standard InChI is InChI=1S/C21H34N6O/c1-2-22-21(24-10-7-15-27-14-6-8-20(27)28)25-17-18-9-11-23-19(16-18)26-12-4-3-5-13-26/h9,11,16H,2-8,10,12-15,17H2,1H3,(H2,22,24,25). The maximum atomic E-state index is 11.7. The van der Waals surface area contributed by atoms with Gasteiger partial charge in [0.1, 0.15) is 5.82 Å². The number of likely N-dealkylation sites (tertiary alicyclic amines) is 1. The first kappa shape index (κ1) is 20.4. The minimum atomic E-state index is 0.294. The summed E-state index contributed by atoms with van der Waals surface area (Å²) < 4.78 is 0. The monoisotopic (exact) mass is 386 g/mol. The largest absolute Gasteiger partial charge is 0.357 e. The van der Waals surface area contributed by atoms with Gasteiger partial charge in [-0.15, -0.1) is 0 Å². The summed E-state index contributed by atoms with van der Waals surface area (Å²) in [6, 6.07) is 4.21. The molecule has 28 heavy (non-hydrogen) atoms. The Labute approximate surface area is 168 Å². The molecule has 0 radical (unpaired) electrons. The Hall–Kier alpha value is -2.31. The second kappa shape index (κ2) is 10.9. The van der Waals surface area contributed by atoms with Crippen molar-refractivity contribution >= 4 is 17.7 Å². The third kappa shape index (κ3) is 6.11. The van der Waals surface area contributed by atoms with Crippen LogP contribution in [0.1, 0.15) is 51.0 Å². The smallest absolute Gasteiger partial charge is 0.222 e. The highest BCUT2D eigenvalue weighted by atomic mass is 16.2. The van der Waals surface area contributed by atoms with Crippen LogP contribution in [0.4, 0.5) is 5.82 Å². The van der Waals surface area contributed by atoms with Gasteiger partial charge in [0.15, 0.2) is 5.96 Å². The van der Waals surface area contributed by atoms with Crippen molar-refractivity contribution in [1.29, 1.82) is 0 Å². The summed E-state index contributed by atoms with van der Waals surface area (Å²) in [6.45, 7) is 8.27. The summed E-state index contributed by atoms with van der Waals surface area (Å²) in [4.78, 5) is 25.3. The van der Waals surface area contributed by atoms with Gasteiger partial charge >= 0.3 is 0 Å². The van der Waals surface area contributed by atoms with Crippen LogP contribution < -0.4 is 15.5 Å². The van der Waals surface area contributed by atoms with Crippen LogP contribution in [-0.2, 0) is 11.3 Å². The van der Waals surface area contributed by atoms with Gasteiger partial charge in [-0.3, -0.25) is 4.79 Å². The number of carbonyl (C=O) groups excluding carboxylic acids is 1. The lowest BCUT2D eigenvalue weighted by Gasteiger charge is -2.27. The molecule has 1 amide bonds. The average Bonchev–Trinajstić information content (AvgIpc) is 3.15. The summed E-state index contributed by atoms with van der Waals surface area (Å²) in [5.41, 5.74) is 1.18. The number of aliphatic imine (C=N–C) groups is 1.